The normalized spacial score (nSPS) is 31.4. The topological polar surface area (TPSA) is 15.3 Å². The van der Waals surface area contributed by atoms with Crippen molar-refractivity contribution >= 4 is 0 Å². The van der Waals surface area contributed by atoms with Gasteiger partial charge in [0.1, 0.15) is 0 Å². The van der Waals surface area contributed by atoms with E-state index >= 15 is 0 Å². The summed E-state index contributed by atoms with van der Waals surface area (Å²) >= 11 is 0. The molecule has 2 fully saturated rings. The van der Waals surface area contributed by atoms with Crippen LogP contribution in [0.2, 0.25) is 0 Å². The van der Waals surface area contributed by atoms with Crippen LogP contribution in [0.25, 0.3) is 0 Å². The van der Waals surface area contributed by atoms with Crippen molar-refractivity contribution in [3.8, 4) is 12.3 Å². The minimum atomic E-state index is 0.282. The summed E-state index contributed by atoms with van der Waals surface area (Å²) in [4.78, 5) is 2.54. The largest absolute Gasteiger partial charge is 0.308 e. The van der Waals surface area contributed by atoms with Crippen LogP contribution in [0.4, 0.5) is 0 Å². The van der Waals surface area contributed by atoms with E-state index in [0.717, 1.165) is 13.1 Å². The van der Waals surface area contributed by atoms with E-state index in [0.29, 0.717) is 11.6 Å². The Hall–Kier alpha value is -0.520. The van der Waals surface area contributed by atoms with Gasteiger partial charge in [-0.25, -0.2) is 0 Å². The number of piperazine rings is 1. The number of nitrogens with one attached hydrogen (secondary N) is 1. The molecule has 0 aromatic carbocycles. The molecule has 2 atom stereocenters. The molecule has 1 aliphatic carbocycles. The molecule has 2 rings (SSSR count). The molecule has 2 nitrogen and oxygen atoms in total. The first-order valence-corrected chi connectivity index (χ1v) is 6.68. The molecule has 0 radical (unpaired) electrons. The van der Waals surface area contributed by atoms with Gasteiger partial charge in [0.25, 0.3) is 0 Å². The van der Waals surface area contributed by atoms with Crippen molar-refractivity contribution in [3.63, 3.8) is 0 Å². The molecular weight excluding hydrogens is 196 g/mol. The lowest BCUT2D eigenvalue weighted by Crippen LogP contribution is -2.64. The molecule has 0 aromatic rings. The summed E-state index contributed by atoms with van der Waals surface area (Å²) in [5.74, 6) is 2.90. The first-order valence-electron chi connectivity index (χ1n) is 6.68. The van der Waals surface area contributed by atoms with Crippen molar-refractivity contribution in [2.24, 2.45) is 0 Å². The lowest BCUT2D eigenvalue weighted by atomic mass is 9.90. The fourth-order valence-corrected chi connectivity index (χ4v) is 3.30. The Kier molecular flexibility index (Phi) is 3.56. The molecule has 1 heterocycles. The monoisotopic (exact) mass is 220 g/mol. The van der Waals surface area contributed by atoms with Crippen LogP contribution < -0.4 is 5.32 Å². The van der Waals surface area contributed by atoms with Gasteiger partial charge >= 0.3 is 0 Å². The molecule has 0 aromatic heterocycles. The zero-order valence-corrected chi connectivity index (χ0v) is 10.6. The Labute approximate surface area is 99.8 Å². The SMILES string of the molecule is C#CC(C)N1CC2(CCCC2)NCC1CC. The molecule has 2 aliphatic rings. The highest BCUT2D eigenvalue weighted by Crippen LogP contribution is 2.34. The molecule has 2 unspecified atom stereocenters. The molecule has 0 amide bonds. The van der Waals surface area contributed by atoms with Crippen molar-refractivity contribution in [1.82, 2.24) is 10.2 Å². The van der Waals surface area contributed by atoms with Gasteiger partial charge < -0.3 is 5.32 Å². The Morgan fingerprint density at radius 3 is 2.75 bits per heavy atom. The van der Waals surface area contributed by atoms with Crippen LogP contribution in [0, 0.1) is 12.3 Å². The van der Waals surface area contributed by atoms with Crippen molar-refractivity contribution in [1.29, 1.82) is 0 Å². The number of terminal acetylenes is 1. The standard InChI is InChI=1S/C14H24N2/c1-4-12(3)16-11-14(8-6-7-9-14)15-10-13(16)5-2/h1,12-13,15H,5-11H2,2-3H3. The van der Waals surface area contributed by atoms with E-state index < -0.39 is 0 Å². The lowest BCUT2D eigenvalue weighted by molar-refractivity contribution is 0.0644. The minimum Gasteiger partial charge on any atom is -0.308 e. The second-order valence-electron chi connectivity index (χ2n) is 5.45. The summed E-state index contributed by atoms with van der Waals surface area (Å²) < 4.78 is 0. The fourth-order valence-electron chi connectivity index (χ4n) is 3.30. The van der Waals surface area contributed by atoms with Crippen LogP contribution in [-0.4, -0.2) is 35.6 Å². The van der Waals surface area contributed by atoms with Crippen LogP contribution >= 0.6 is 0 Å². The van der Waals surface area contributed by atoms with Gasteiger partial charge in [0.2, 0.25) is 0 Å². The summed E-state index contributed by atoms with van der Waals surface area (Å²) in [5.41, 5.74) is 0.386. The third-order valence-electron chi connectivity index (χ3n) is 4.44. The Balaban J connectivity index is 2.09. The van der Waals surface area contributed by atoms with Crippen LogP contribution in [0.5, 0.6) is 0 Å². The highest BCUT2D eigenvalue weighted by Gasteiger charge is 2.41. The van der Waals surface area contributed by atoms with E-state index in [-0.39, 0.29) is 6.04 Å². The van der Waals surface area contributed by atoms with Gasteiger partial charge in [-0.15, -0.1) is 6.42 Å². The molecular formula is C14H24N2. The lowest BCUT2D eigenvalue weighted by Gasteiger charge is -2.47. The molecule has 90 valence electrons. The van der Waals surface area contributed by atoms with E-state index in [1.807, 2.05) is 0 Å². The zero-order chi connectivity index (χ0) is 11.6. The average molecular weight is 220 g/mol. The summed E-state index contributed by atoms with van der Waals surface area (Å²) in [6.45, 7) is 6.69. The van der Waals surface area contributed by atoms with Crippen LogP contribution in [0.15, 0.2) is 0 Å². The van der Waals surface area contributed by atoms with Gasteiger partial charge in [0.05, 0.1) is 6.04 Å². The van der Waals surface area contributed by atoms with Crippen molar-refractivity contribution in [3.05, 3.63) is 0 Å². The predicted octanol–water partition coefficient (Wildman–Crippen LogP) is 2.00. The molecule has 1 aliphatic heterocycles. The molecule has 1 saturated heterocycles. The Morgan fingerprint density at radius 2 is 2.19 bits per heavy atom. The molecule has 2 heteroatoms. The first-order chi connectivity index (χ1) is 7.71. The van der Waals surface area contributed by atoms with Gasteiger partial charge in [0, 0.05) is 24.7 Å². The zero-order valence-electron chi connectivity index (χ0n) is 10.6. The Morgan fingerprint density at radius 1 is 1.50 bits per heavy atom. The van der Waals surface area contributed by atoms with Gasteiger partial charge in [-0.05, 0) is 26.2 Å². The number of hydrogen-bond acceptors (Lipinski definition) is 2. The highest BCUT2D eigenvalue weighted by molar-refractivity contribution is 5.06. The smallest absolute Gasteiger partial charge is 0.0686 e. The molecule has 16 heavy (non-hydrogen) atoms. The van der Waals surface area contributed by atoms with Gasteiger partial charge in [-0.3, -0.25) is 4.90 Å². The van der Waals surface area contributed by atoms with E-state index in [1.54, 1.807) is 0 Å². The van der Waals surface area contributed by atoms with E-state index in [4.69, 9.17) is 6.42 Å². The van der Waals surface area contributed by atoms with E-state index in [2.05, 4.69) is 30.0 Å². The fraction of sp³-hybridized carbons (Fsp3) is 0.857. The van der Waals surface area contributed by atoms with Crippen molar-refractivity contribution < 1.29 is 0 Å². The molecule has 1 N–H and O–H groups in total. The average Bonchev–Trinajstić information content (AvgIpc) is 2.76. The second-order valence-corrected chi connectivity index (χ2v) is 5.45. The first kappa shape index (κ1) is 12.0. The summed E-state index contributed by atoms with van der Waals surface area (Å²) in [5, 5.41) is 3.79. The Bertz CT molecular complexity index is 273. The maximum atomic E-state index is 5.59. The van der Waals surface area contributed by atoms with Crippen molar-refractivity contribution in [2.45, 2.75) is 63.6 Å². The van der Waals surface area contributed by atoms with Crippen LogP contribution in [0.3, 0.4) is 0 Å². The summed E-state index contributed by atoms with van der Waals surface area (Å²) in [6.07, 6.45) is 12.2. The second kappa shape index (κ2) is 4.77. The molecule has 1 spiro atoms. The third kappa shape index (κ3) is 2.12. The van der Waals surface area contributed by atoms with Gasteiger partial charge in [-0.2, -0.15) is 0 Å². The van der Waals surface area contributed by atoms with E-state index in [1.165, 1.54) is 32.1 Å². The van der Waals surface area contributed by atoms with Gasteiger partial charge in [-0.1, -0.05) is 25.7 Å². The number of hydrogen-bond donors (Lipinski definition) is 1. The summed E-state index contributed by atoms with van der Waals surface area (Å²) in [7, 11) is 0. The van der Waals surface area contributed by atoms with Gasteiger partial charge in [0.15, 0.2) is 0 Å². The quantitative estimate of drug-likeness (QED) is 0.716. The molecule has 1 saturated carbocycles. The maximum absolute atomic E-state index is 5.59. The highest BCUT2D eigenvalue weighted by atomic mass is 15.3. The number of nitrogens with zero attached hydrogens (tertiary/aromatic N) is 1. The van der Waals surface area contributed by atoms with E-state index in [9.17, 15) is 0 Å². The predicted molar refractivity (Wildman–Crippen MR) is 68.3 cm³/mol. The molecule has 0 bridgehead atoms. The maximum Gasteiger partial charge on any atom is 0.0686 e. The minimum absolute atomic E-state index is 0.282. The number of rotatable bonds is 2. The van der Waals surface area contributed by atoms with Crippen molar-refractivity contribution in [2.75, 3.05) is 13.1 Å². The third-order valence-corrected chi connectivity index (χ3v) is 4.44. The van der Waals surface area contributed by atoms with Crippen LogP contribution in [-0.2, 0) is 0 Å². The van der Waals surface area contributed by atoms with Crippen LogP contribution in [0.1, 0.15) is 46.0 Å². The summed E-state index contributed by atoms with van der Waals surface area (Å²) in [6, 6.07) is 0.904.